The number of hydrogen-bond donors (Lipinski definition) is 2. The van der Waals surface area contributed by atoms with Crippen LogP contribution in [0.2, 0.25) is 0 Å². The molecule has 0 bridgehead atoms. The number of carbonyl (C=O) groups excluding carboxylic acids is 2. The van der Waals surface area contributed by atoms with Gasteiger partial charge in [0.25, 0.3) is 11.8 Å². The van der Waals surface area contributed by atoms with Crippen LogP contribution in [0.25, 0.3) is 11.3 Å². The Morgan fingerprint density at radius 3 is 2.35 bits per heavy atom. The van der Waals surface area contributed by atoms with E-state index in [0.717, 1.165) is 82.4 Å². The van der Waals surface area contributed by atoms with Crippen LogP contribution in [-0.2, 0) is 33.5 Å². The second-order valence-electron chi connectivity index (χ2n) is 13.8. The van der Waals surface area contributed by atoms with Crippen LogP contribution in [0.15, 0.2) is 85.1 Å². The van der Waals surface area contributed by atoms with Crippen molar-refractivity contribution >= 4 is 23.2 Å². The molecular weight excluding hydrogens is 738 g/mol. The predicted octanol–water partition coefficient (Wildman–Crippen LogP) is 6.59. The number of hydrogen-bond acceptors (Lipinski definition) is 9. The number of nitrogens with one attached hydrogen (secondary N) is 2. The SMILES string of the molecule is CCN(CC)c1ccc(NC(=O)c2cccc(COCCOCCN(C)CCN3CCOCC3)c2)c(-c2cc(C(=O)NCc3cccc(C(F)(F)F)c3)ccn2)c1. The average Bonchev–Trinajstić information content (AvgIpc) is 3.23. The van der Waals surface area contributed by atoms with Gasteiger partial charge in [-0.05, 0) is 86.6 Å². The van der Waals surface area contributed by atoms with Crippen LogP contribution >= 0.6 is 0 Å². The first kappa shape index (κ1) is 43.3. The molecule has 2 N–H and O–H groups in total. The van der Waals surface area contributed by atoms with Crippen molar-refractivity contribution in [1.82, 2.24) is 20.1 Å². The van der Waals surface area contributed by atoms with Crippen LogP contribution in [0.5, 0.6) is 0 Å². The van der Waals surface area contributed by atoms with E-state index in [1.807, 2.05) is 44.2 Å². The van der Waals surface area contributed by atoms with Gasteiger partial charge in [-0.3, -0.25) is 19.5 Å². The van der Waals surface area contributed by atoms with Crippen molar-refractivity contribution in [2.75, 3.05) is 96.1 Å². The van der Waals surface area contributed by atoms with E-state index in [4.69, 9.17) is 14.2 Å². The van der Waals surface area contributed by atoms with Gasteiger partial charge in [0.1, 0.15) is 0 Å². The maximum atomic E-state index is 13.7. The Balaban J connectivity index is 1.18. The highest BCUT2D eigenvalue weighted by atomic mass is 19.4. The highest BCUT2D eigenvalue weighted by molar-refractivity contribution is 6.06. The number of benzene rings is 3. The Hall–Kier alpha value is -4.86. The molecule has 0 atom stereocenters. The van der Waals surface area contributed by atoms with Crippen molar-refractivity contribution in [2.45, 2.75) is 33.2 Å². The van der Waals surface area contributed by atoms with E-state index in [0.29, 0.717) is 54.5 Å². The Kier molecular flexibility index (Phi) is 16.4. The van der Waals surface area contributed by atoms with Crippen molar-refractivity contribution in [1.29, 1.82) is 0 Å². The monoisotopic (exact) mass is 790 g/mol. The molecular formula is C43H53F3N6O5. The number of amides is 2. The molecule has 1 aliphatic heterocycles. The summed E-state index contributed by atoms with van der Waals surface area (Å²) in [5.74, 6) is -0.806. The first-order valence-electron chi connectivity index (χ1n) is 19.4. The van der Waals surface area contributed by atoms with Crippen molar-refractivity contribution in [2.24, 2.45) is 0 Å². The number of anilines is 2. The lowest BCUT2D eigenvalue weighted by molar-refractivity contribution is -0.137. The zero-order valence-corrected chi connectivity index (χ0v) is 32.9. The van der Waals surface area contributed by atoms with E-state index >= 15 is 0 Å². The first-order chi connectivity index (χ1) is 27.5. The van der Waals surface area contributed by atoms with E-state index < -0.39 is 17.6 Å². The summed E-state index contributed by atoms with van der Waals surface area (Å²) in [6.07, 6.45) is -2.99. The van der Waals surface area contributed by atoms with Crippen molar-refractivity contribution in [3.63, 3.8) is 0 Å². The first-order valence-corrected chi connectivity index (χ1v) is 19.4. The lowest BCUT2D eigenvalue weighted by atomic mass is 10.0. The molecule has 0 aliphatic carbocycles. The van der Waals surface area contributed by atoms with Crippen LogP contribution in [0.4, 0.5) is 24.5 Å². The molecule has 14 heteroatoms. The lowest BCUT2D eigenvalue weighted by Crippen LogP contribution is -2.41. The maximum absolute atomic E-state index is 13.7. The van der Waals surface area contributed by atoms with Crippen LogP contribution in [0.3, 0.4) is 0 Å². The molecule has 3 aromatic carbocycles. The predicted molar refractivity (Wildman–Crippen MR) is 215 cm³/mol. The van der Waals surface area contributed by atoms with Crippen LogP contribution in [0.1, 0.15) is 51.3 Å². The van der Waals surface area contributed by atoms with Gasteiger partial charge in [-0.15, -0.1) is 0 Å². The van der Waals surface area contributed by atoms with Gasteiger partial charge in [0.2, 0.25) is 0 Å². The van der Waals surface area contributed by atoms with Gasteiger partial charge < -0.3 is 34.6 Å². The summed E-state index contributed by atoms with van der Waals surface area (Å²) in [5.41, 5.74) is 3.53. The number of likely N-dealkylation sites (N-methyl/N-ethyl adjacent to an activating group) is 1. The number of carbonyl (C=O) groups is 2. The van der Waals surface area contributed by atoms with Crippen molar-refractivity contribution in [3.05, 3.63) is 113 Å². The third-order valence-electron chi connectivity index (χ3n) is 9.73. The van der Waals surface area contributed by atoms with Crippen LogP contribution < -0.4 is 15.5 Å². The molecule has 0 spiro atoms. The average molecular weight is 791 g/mol. The summed E-state index contributed by atoms with van der Waals surface area (Å²) in [6.45, 7) is 13.8. The quantitative estimate of drug-likeness (QED) is 0.0960. The van der Waals surface area contributed by atoms with Gasteiger partial charge in [-0.25, -0.2) is 0 Å². The molecule has 5 rings (SSSR count). The summed E-state index contributed by atoms with van der Waals surface area (Å²) in [5, 5.41) is 5.74. The second kappa shape index (κ2) is 21.6. The fourth-order valence-electron chi connectivity index (χ4n) is 6.38. The van der Waals surface area contributed by atoms with Crippen LogP contribution in [0, 0.1) is 0 Å². The number of aromatic nitrogens is 1. The smallest absolute Gasteiger partial charge is 0.379 e. The molecule has 2 amide bonds. The fraction of sp³-hybridized carbons (Fsp3) is 0.419. The van der Waals surface area contributed by atoms with Gasteiger partial charge in [0.15, 0.2) is 0 Å². The number of pyridine rings is 1. The Labute approximate surface area is 333 Å². The third kappa shape index (κ3) is 13.4. The molecule has 4 aromatic rings. The van der Waals surface area contributed by atoms with Gasteiger partial charge >= 0.3 is 6.18 Å². The van der Waals surface area contributed by atoms with E-state index in [-0.39, 0.29) is 18.0 Å². The summed E-state index contributed by atoms with van der Waals surface area (Å²) in [4.78, 5) is 38.2. The summed E-state index contributed by atoms with van der Waals surface area (Å²) >= 11 is 0. The largest absolute Gasteiger partial charge is 0.416 e. The highest BCUT2D eigenvalue weighted by Gasteiger charge is 2.30. The molecule has 306 valence electrons. The molecule has 0 radical (unpaired) electrons. The van der Waals surface area contributed by atoms with Gasteiger partial charge in [-0.2, -0.15) is 13.2 Å². The summed E-state index contributed by atoms with van der Waals surface area (Å²) in [6, 6.07) is 20.9. The Morgan fingerprint density at radius 2 is 1.58 bits per heavy atom. The molecule has 1 saturated heterocycles. The third-order valence-corrected chi connectivity index (χ3v) is 9.73. The Morgan fingerprint density at radius 1 is 0.842 bits per heavy atom. The topological polar surface area (TPSA) is 109 Å². The molecule has 57 heavy (non-hydrogen) atoms. The van der Waals surface area contributed by atoms with E-state index in [1.54, 1.807) is 18.2 Å². The maximum Gasteiger partial charge on any atom is 0.416 e. The van der Waals surface area contributed by atoms with Crippen LogP contribution in [-0.4, -0.2) is 112 Å². The molecule has 1 aromatic heterocycles. The molecule has 11 nitrogen and oxygen atoms in total. The normalized spacial score (nSPS) is 13.5. The summed E-state index contributed by atoms with van der Waals surface area (Å²) in [7, 11) is 2.10. The number of halogens is 3. The zero-order chi connectivity index (χ0) is 40.6. The van der Waals surface area contributed by atoms with Gasteiger partial charge in [-0.1, -0.05) is 24.3 Å². The standard InChI is InChI=1S/C43H53F3N6O5/c1-4-52(5-2)37-12-13-39(38(29-37)40-28-35(14-15-47-40)41(53)48-30-32-8-7-11-36(27-32)43(44,45)46)49-42(54)34-10-6-9-33(26-34)31-57-25-24-56-21-18-50(3)16-17-51-19-22-55-23-20-51/h6-15,26-29H,4-5,16-25,30-31H2,1-3H3,(H,48,53)(H,49,54). The second-order valence-corrected chi connectivity index (χ2v) is 13.8. The van der Waals surface area contributed by atoms with Crippen molar-refractivity contribution < 1.29 is 37.0 Å². The minimum atomic E-state index is -4.49. The number of alkyl halides is 3. The number of ether oxygens (including phenoxy) is 3. The lowest BCUT2D eigenvalue weighted by Gasteiger charge is -2.28. The fourth-order valence-corrected chi connectivity index (χ4v) is 6.38. The minimum Gasteiger partial charge on any atom is -0.379 e. The highest BCUT2D eigenvalue weighted by Crippen LogP contribution is 2.33. The molecule has 0 unspecified atom stereocenters. The van der Waals surface area contributed by atoms with Gasteiger partial charge in [0, 0.05) is 80.9 Å². The Bertz CT molecular complexity index is 1900. The molecule has 2 heterocycles. The number of nitrogens with zero attached hydrogens (tertiary/aromatic N) is 4. The minimum absolute atomic E-state index is 0.0920. The summed E-state index contributed by atoms with van der Waals surface area (Å²) < 4.78 is 56.7. The van der Waals surface area contributed by atoms with E-state index in [9.17, 15) is 22.8 Å². The van der Waals surface area contributed by atoms with Crippen molar-refractivity contribution in [3.8, 4) is 11.3 Å². The molecule has 1 aliphatic rings. The molecule has 1 fully saturated rings. The van der Waals surface area contributed by atoms with Gasteiger partial charge in [0.05, 0.1) is 56.6 Å². The molecule has 0 saturated carbocycles. The zero-order valence-electron chi connectivity index (χ0n) is 32.9. The van der Waals surface area contributed by atoms with E-state index in [1.165, 1.54) is 24.4 Å². The number of rotatable bonds is 20. The van der Waals surface area contributed by atoms with E-state index in [2.05, 4.69) is 37.4 Å². The number of morpholine rings is 1.